The number of nitrogens with zero attached hydrogens (tertiary/aromatic N) is 2. The number of fused-ring (bicyclic) bond motifs is 1. The van der Waals surface area contributed by atoms with Gasteiger partial charge in [-0.25, -0.2) is 18.6 Å². The van der Waals surface area contributed by atoms with Crippen LogP contribution in [0.1, 0.15) is 33.6 Å². The second-order valence-electron chi connectivity index (χ2n) is 7.32. The fourth-order valence-electron chi connectivity index (χ4n) is 3.80. The van der Waals surface area contributed by atoms with Gasteiger partial charge >= 0.3 is 5.97 Å². The highest BCUT2D eigenvalue weighted by atomic mass is 19.3. The van der Waals surface area contributed by atoms with Crippen LogP contribution in [0.4, 0.5) is 8.78 Å². The third-order valence-corrected chi connectivity index (χ3v) is 5.33. The number of esters is 1. The summed E-state index contributed by atoms with van der Waals surface area (Å²) in [5.41, 5.74) is 4.10. The van der Waals surface area contributed by atoms with Crippen LogP contribution in [-0.4, -0.2) is 48.3 Å². The Morgan fingerprint density at radius 2 is 2.20 bits per heavy atom. The Labute approximate surface area is 172 Å². The Morgan fingerprint density at radius 3 is 2.87 bits per heavy atom. The number of benzene rings is 1. The SMILES string of the molecule is COC(=O)c1ccc(-c2nc3cc(C(F)F)ccn3c2CC2CNCCO2)c(C)c1. The number of halogens is 2. The van der Waals surface area contributed by atoms with Gasteiger partial charge in [-0.1, -0.05) is 6.07 Å². The van der Waals surface area contributed by atoms with E-state index in [2.05, 4.69) is 10.3 Å². The van der Waals surface area contributed by atoms with Crippen molar-refractivity contribution in [1.29, 1.82) is 0 Å². The van der Waals surface area contributed by atoms with Crippen LogP contribution in [-0.2, 0) is 15.9 Å². The van der Waals surface area contributed by atoms with Gasteiger partial charge in [0.25, 0.3) is 6.43 Å². The lowest BCUT2D eigenvalue weighted by molar-refractivity contribution is 0.0286. The number of hydrogen-bond donors (Lipinski definition) is 1. The van der Waals surface area contributed by atoms with Crippen LogP contribution in [0.25, 0.3) is 16.9 Å². The molecule has 0 saturated carbocycles. The van der Waals surface area contributed by atoms with Crippen molar-refractivity contribution in [3.63, 3.8) is 0 Å². The van der Waals surface area contributed by atoms with E-state index in [9.17, 15) is 13.6 Å². The number of aromatic nitrogens is 2. The molecule has 1 unspecified atom stereocenters. The predicted molar refractivity (Wildman–Crippen MR) is 108 cm³/mol. The number of carbonyl (C=O) groups is 1. The van der Waals surface area contributed by atoms with Crippen molar-refractivity contribution in [1.82, 2.24) is 14.7 Å². The van der Waals surface area contributed by atoms with E-state index in [1.807, 2.05) is 17.4 Å². The molecule has 8 heteroatoms. The molecule has 4 rings (SSSR count). The van der Waals surface area contributed by atoms with E-state index in [-0.39, 0.29) is 11.7 Å². The first kappa shape index (κ1) is 20.4. The number of pyridine rings is 1. The van der Waals surface area contributed by atoms with E-state index in [1.54, 1.807) is 18.3 Å². The lowest BCUT2D eigenvalue weighted by Crippen LogP contribution is -2.39. The highest BCUT2D eigenvalue weighted by molar-refractivity contribution is 5.90. The van der Waals surface area contributed by atoms with Gasteiger partial charge in [-0.15, -0.1) is 0 Å². The van der Waals surface area contributed by atoms with E-state index in [0.717, 1.165) is 23.4 Å². The molecule has 1 aliphatic heterocycles. The zero-order valence-electron chi connectivity index (χ0n) is 16.8. The number of carbonyl (C=O) groups excluding carboxylic acids is 1. The van der Waals surface area contributed by atoms with Gasteiger partial charge in [0.2, 0.25) is 0 Å². The average molecular weight is 415 g/mol. The van der Waals surface area contributed by atoms with Crippen molar-refractivity contribution >= 4 is 11.6 Å². The van der Waals surface area contributed by atoms with Gasteiger partial charge in [0, 0.05) is 36.8 Å². The van der Waals surface area contributed by atoms with E-state index in [4.69, 9.17) is 9.47 Å². The molecule has 3 aromatic rings. The quantitative estimate of drug-likeness (QED) is 0.646. The predicted octanol–water partition coefficient (Wildman–Crippen LogP) is 3.56. The summed E-state index contributed by atoms with van der Waals surface area (Å²) in [6.07, 6.45) is -0.389. The first-order valence-corrected chi connectivity index (χ1v) is 9.78. The number of morpholine rings is 1. The van der Waals surface area contributed by atoms with Crippen molar-refractivity contribution in [3.8, 4) is 11.3 Å². The van der Waals surface area contributed by atoms with Crippen molar-refractivity contribution in [2.75, 3.05) is 26.8 Å². The Morgan fingerprint density at radius 1 is 1.37 bits per heavy atom. The summed E-state index contributed by atoms with van der Waals surface area (Å²) in [5, 5.41) is 3.31. The maximum Gasteiger partial charge on any atom is 0.337 e. The van der Waals surface area contributed by atoms with Crippen LogP contribution in [0, 0.1) is 6.92 Å². The van der Waals surface area contributed by atoms with Gasteiger partial charge in [0.05, 0.1) is 36.8 Å². The van der Waals surface area contributed by atoms with Crippen molar-refractivity contribution in [3.05, 3.63) is 58.9 Å². The minimum atomic E-state index is -2.56. The average Bonchev–Trinajstić information content (AvgIpc) is 3.11. The number of ether oxygens (including phenoxy) is 2. The van der Waals surface area contributed by atoms with Crippen molar-refractivity contribution < 1.29 is 23.0 Å². The molecule has 1 aliphatic rings. The Balaban J connectivity index is 1.82. The monoisotopic (exact) mass is 415 g/mol. The third kappa shape index (κ3) is 3.93. The minimum Gasteiger partial charge on any atom is -0.465 e. The summed E-state index contributed by atoms with van der Waals surface area (Å²) in [6.45, 7) is 4.03. The fourth-order valence-corrected chi connectivity index (χ4v) is 3.80. The molecule has 0 spiro atoms. The molecular formula is C22H23F2N3O3. The summed E-state index contributed by atoms with van der Waals surface area (Å²) in [7, 11) is 1.34. The molecular weight excluding hydrogens is 392 g/mol. The molecule has 1 saturated heterocycles. The number of aryl methyl sites for hydroxylation is 1. The molecule has 30 heavy (non-hydrogen) atoms. The van der Waals surface area contributed by atoms with Gasteiger partial charge in [-0.2, -0.15) is 0 Å². The number of methoxy groups -OCH3 is 1. The number of imidazole rings is 1. The lowest BCUT2D eigenvalue weighted by atomic mass is 9.99. The van der Waals surface area contributed by atoms with Gasteiger partial charge in [-0.05, 0) is 36.8 Å². The molecule has 0 aliphatic carbocycles. The van der Waals surface area contributed by atoms with Crippen LogP contribution >= 0.6 is 0 Å². The third-order valence-electron chi connectivity index (χ3n) is 5.33. The summed E-state index contributed by atoms with van der Waals surface area (Å²) in [6, 6.07) is 8.08. The Bertz CT molecular complexity index is 1070. The molecule has 1 N–H and O–H groups in total. The topological polar surface area (TPSA) is 64.9 Å². The zero-order valence-corrected chi connectivity index (χ0v) is 16.8. The molecule has 158 valence electrons. The molecule has 1 fully saturated rings. The van der Waals surface area contributed by atoms with Crippen LogP contribution in [0.3, 0.4) is 0 Å². The van der Waals surface area contributed by atoms with E-state index < -0.39 is 12.4 Å². The molecule has 0 amide bonds. The molecule has 0 bridgehead atoms. The van der Waals surface area contributed by atoms with Gasteiger partial charge in [0.15, 0.2) is 0 Å². The largest absolute Gasteiger partial charge is 0.465 e. The van der Waals surface area contributed by atoms with Crippen LogP contribution in [0.5, 0.6) is 0 Å². The number of rotatable bonds is 5. The highest BCUT2D eigenvalue weighted by Crippen LogP contribution is 2.31. The summed E-state index contributed by atoms with van der Waals surface area (Å²) in [4.78, 5) is 16.5. The lowest BCUT2D eigenvalue weighted by Gasteiger charge is -2.24. The molecule has 6 nitrogen and oxygen atoms in total. The fraction of sp³-hybridized carbons (Fsp3) is 0.364. The standard InChI is InChI=1S/C22H23F2N3O3/c1-13-9-15(22(28)29-2)3-4-17(13)20-18(11-16-12-25-6-8-30-16)27-7-5-14(21(23)24)10-19(27)26-20/h3-5,7,9-10,16,21,25H,6,8,11-12H2,1-2H3. The molecule has 3 heterocycles. The minimum absolute atomic E-state index is 0.0400. The number of alkyl halides is 2. The number of hydrogen-bond acceptors (Lipinski definition) is 5. The first-order chi connectivity index (χ1) is 14.5. The van der Waals surface area contributed by atoms with Crippen LogP contribution in [0.15, 0.2) is 36.5 Å². The Hall–Kier alpha value is -2.84. The van der Waals surface area contributed by atoms with Gasteiger partial charge < -0.3 is 19.2 Å². The van der Waals surface area contributed by atoms with E-state index in [0.29, 0.717) is 36.5 Å². The van der Waals surface area contributed by atoms with Gasteiger partial charge in [-0.3, -0.25) is 0 Å². The maximum atomic E-state index is 13.2. The molecule has 0 radical (unpaired) electrons. The molecule has 2 aromatic heterocycles. The van der Waals surface area contributed by atoms with Crippen molar-refractivity contribution in [2.24, 2.45) is 0 Å². The first-order valence-electron chi connectivity index (χ1n) is 9.78. The summed E-state index contributed by atoms with van der Waals surface area (Å²) >= 11 is 0. The van der Waals surface area contributed by atoms with E-state index in [1.165, 1.54) is 19.2 Å². The molecule has 1 aromatic carbocycles. The number of nitrogens with one attached hydrogen (secondary N) is 1. The van der Waals surface area contributed by atoms with Crippen LogP contribution in [0.2, 0.25) is 0 Å². The Kier molecular flexibility index (Phi) is 5.78. The summed E-state index contributed by atoms with van der Waals surface area (Å²) in [5.74, 6) is -0.414. The van der Waals surface area contributed by atoms with E-state index >= 15 is 0 Å². The molecule has 1 atom stereocenters. The smallest absolute Gasteiger partial charge is 0.337 e. The summed E-state index contributed by atoms with van der Waals surface area (Å²) < 4.78 is 38.9. The second-order valence-corrected chi connectivity index (χ2v) is 7.32. The maximum absolute atomic E-state index is 13.2. The normalized spacial score (nSPS) is 16.9. The highest BCUT2D eigenvalue weighted by Gasteiger charge is 2.23. The van der Waals surface area contributed by atoms with Crippen molar-refractivity contribution in [2.45, 2.75) is 25.9 Å². The van der Waals surface area contributed by atoms with Crippen LogP contribution < -0.4 is 5.32 Å². The van der Waals surface area contributed by atoms with Gasteiger partial charge in [0.1, 0.15) is 5.65 Å². The zero-order chi connectivity index (χ0) is 21.3. The second kappa shape index (κ2) is 8.49.